The maximum Gasteiger partial charge on any atom is 0.309 e. The van der Waals surface area contributed by atoms with Gasteiger partial charge in [0.25, 0.3) is 0 Å². The first-order chi connectivity index (χ1) is 19.9. The molecule has 1 saturated carbocycles. The van der Waals surface area contributed by atoms with E-state index < -0.39 is 11.6 Å². The van der Waals surface area contributed by atoms with Crippen LogP contribution in [0, 0.1) is 53.1 Å². The third-order valence-electron chi connectivity index (χ3n) is 7.21. The molecular weight excluding hydrogens is 522 g/mol. The normalized spacial score (nSPS) is 18.2. The highest BCUT2D eigenvalue weighted by Crippen LogP contribution is 2.44. The van der Waals surface area contributed by atoms with Gasteiger partial charge >= 0.3 is 5.97 Å². The fourth-order valence-electron chi connectivity index (χ4n) is 5.21. The van der Waals surface area contributed by atoms with Crippen molar-refractivity contribution in [3.8, 4) is 35.2 Å². The first kappa shape index (κ1) is 28.0. The third-order valence-corrected chi connectivity index (χ3v) is 7.21. The van der Waals surface area contributed by atoms with E-state index in [0.717, 1.165) is 12.8 Å². The molecule has 2 bridgehead atoms. The number of benzene rings is 3. The summed E-state index contributed by atoms with van der Waals surface area (Å²) < 4.78 is 44.9. The fraction of sp³-hybridized carbons (Fsp3) is 0.286. The molecule has 3 atom stereocenters. The van der Waals surface area contributed by atoms with Gasteiger partial charge in [-0.3, -0.25) is 4.79 Å². The average Bonchev–Trinajstić information content (AvgIpc) is 3.61. The molecule has 6 heteroatoms. The summed E-state index contributed by atoms with van der Waals surface area (Å²) in [4.78, 5) is 12.9. The van der Waals surface area contributed by atoms with Crippen molar-refractivity contribution in [3.05, 3.63) is 106 Å². The van der Waals surface area contributed by atoms with Crippen molar-refractivity contribution < 1.29 is 27.8 Å². The van der Waals surface area contributed by atoms with Crippen LogP contribution in [0.1, 0.15) is 54.5 Å². The SMILES string of the molecule is CCOc1ccc(C#Cc2ccc(C#Cc3ccc(OCC)c(F)c3)c(COC(=O)C3CC4C=CC3C4)c2)cc1F. The van der Waals surface area contributed by atoms with Gasteiger partial charge in [-0.05, 0) is 93.1 Å². The van der Waals surface area contributed by atoms with Crippen LogP contribution in [0.5, 0.6) is 11.5 Å². The van der Waals surface area contributed by atoms with E-state index in [0.29, 0.717) is 46.9 Å². The highest BCUT2D eigenvalue weighted by molar-refractivity contribution is 5.74. The van der Waals surface area contributed by atoms with Crippen LogP contribution in [0.15, 0.2) is 66.7 Å². The molecule has 0 spiro atoms. The van der Waals surface area contributed by atoms with Crippen LogP contribution in [0.2, 0.25) is 0 Å². The number of fused-ring (bicyclic) bond motifs is 2. The average molecular weight is 553 g/mol. The van der Waals surface area contributed by atoms with Gasteiger partial charge in [-0.1, -0.05) is 35.8 Å². The Morgan fingerprint density at radius 2 is 1.37 bits per heavy atom. The van der Waals surface area contributed by atoms with Crippen LogP contribution < -0.4 is 9.47 Å². The van der Waals surface area contributed by atoms with Crippen LogP contribution >= 0.6 is 0 Å². The number of halogens is 2. The van der Waals surface area contributed by atoms with Crippen LogP contribution in [0.25, 0.3) is 0 Å². The van der Waals surface area contributed by atoms with E-state index in [1.807, 2.05) is 6.07 Å². The third kappa shape index (κ3) is 6.79. The molecule has 0 amide bonds. The molecule has 2 aliphatic rings. The molecule has 0 aliphatic heterocycles. The second-order valence-electron chi connectivity index (χ2n) is 10.0. The lowest BCUT2D eigenvalue weighted by Gasteiger charge is -2.17. The number of carbonyl (C=O) groups excluding carboxylic acids is 1. The molecule has 0 heterocycles. The predicted octanol–water partition coefficient (Wildman–Crippen LogP) is 6.82. The molecule has 208 valence electrons. The molecule has 3 unspecified atom stereocenters. The van der Waals surface area contributed by atoms with E-state index in [1.165, 1.54) is 12.1 Å². The summed E-state index contributed by atoms with van der Waals surface area (Å²) in [6, 6.07) is 14.6. The van der Waals surface area contributed by atoms with E-state index >= 15 is 0 Å². The van der Waals surface area contributed by atoms with E-state index in [1.54, 1.807) is 50.2 Å². The lowest BCUT2D eigenvalue weighted by atomic mass is 9.94. The Balaban J connectivity index is 1.39. The van der Waals surface area contributed by atoms with E-state index in [-0.39, 0.29) is 35.9 Å². The maximum atomic E-state index is 14.3. The Kier molecular flexibility index (Phi) is 8.70. The summed E-state index contributed by atoms with van der Waals surface area (Å²) in [5, 5.41) is 0. The fourth-order valence-corrected chi connectivity index (χ4v) is 5.21. The zero-order valence-electron chi connectivity index (χ0n) is 23.0. The van der Waals surface area contributed by atoms with Crippen molar-refractivity contribution in [2.24, 2.45) is 17.8 Å². The number of esters is 1. The van der Waals surface area contributed by atoms with Crippen LogP contribution in [0.3, 0.4) is 0 Å². The van der Waals surface area contributed by atoms with Gasteiger partial charge in [0.15, 0.2) is 23.1 Å². The molecule has 3 aromatic rings. The summed E-state index contributed by atoms with van der Waals surface area (Å²) >= 11 is 0. The molecule has 5 rings (SSSR count). The molecule has 0 saturated heterocycles. The van der Waals surface area contributed by atoms with Crippen LogP contribution in [0.4, 0.5) is 8.78 Å². The van der Waals surface area contributed by atoms with Crippen molar-refractivity contribution in [2.45, 2.75) is 33.3 Å². The number of rotatable bonds is 7. The van der Waals surface area contributed by atoms with Crippen molar-refractivity contribution in [2.75, 3.05) is 13.2 Å². The molecular formula is C35H30F2O4. The Labute approximate surface area is 239 Å². The summed E-state index contributed by atoms with van der Waals surface area (Å²) in [5.74, 6) is 11.9. The Bertz CT molecular complexity index is 1600. The standard InChI is InChI=1S/C35H30F2O4/c1-3-39-33-15-10-24(20-31(33)36)6-5-23-7-12-27(13-8-25-11-16-34(40-4-2)32(37)21-25)29(17-23)22-41-35(38)30-19-26-9-14-28(30)18-26/h7,9-12,14-17,20-21,26,28,30H,3-4,18-19,22H2,1-2H3. The largest absolute Gasteiger partial charge is 0.491 e. The van der Waals surface area contributed by atoms with Crippen molar-refractivity contribution in [1.29, 1.82) is 0 Å². The van der Waals surface area contributed by atoms with Gasteiger partial charge in [-0.2, -0.15) is 0 Å². The summed E-state index contributed by atoms with van der Waals surface area (Å²) in [6.45, 7) is 4.36. The second-order valence-corrected chi connectivity index (χ2v) is 10.0. The van der Waals surface area contributed by atoms with Crippen LogP contribution in [-0.2, 0) is 16.1 Å². The highest BCUT2D eigenvalue weighted by Gasteiger charge is 2.40. The first-order valence-corrected chi connectivity index (χ1v) is 13.8. The lowest BCUT2D eigenvalue weighted by molar-refractivity contribution is -0.150. The van der Waals surface area contributed by atoms with Gasteiger partial charge in [-0.15, -0.1) is 0 Å². The molecule has 1 fully saturated rings. The summed E-state index contributed by atoms with van der Waals surface area (Å²) in [7, 11) is 0. The molecule has 0 N–H and O–H groups in total. The number of ether oxygens (including phenoxy) is 3. The van der Waals surface area contributed by atoms with Gasteiger partial charge in [0, 0.05) is 27.8 Å². The van der Waals surface area contributed by atoms with Crippen molar-refractivity contribution >= 4 is 5.97 Å². The van der Waals surface area contributed by atoms with Gasteiger partial charge in [0.2, 0.25) is 0 Å². The van der Waals surface area contributed by atoms with Crippen molar-refractivity contribution in [1.82, 2.24) is 0 Å². The quantitative estimate of drug-likeness (QED) is 0.183. The van der Waals surface area contributed by atoms with E-state index in [4.69, 9.17) is 14.2 Å². The minimum atomic E-state index is -0.482. The monoisotopic (exact) mass is 552 g/mol. The molecule has 0 radical (unpaired) electrons. The van der Waals surface area contributed by atoms with E-state index in [9.17, 15) is 13.6 Å². The summed E-state index contributed by atoms with van der Waals surface area (Å²) in [6.07, 6.45) is 6.13. The highest BCUT2D eigenvalue weighted by atomic mass is 19.1. The molecule has 2 aliphatic carbocycles. The minimum absolute atomic E-state index is 0.0330. The van der Waals surface area contributed by atoms with Gasteiger partial charge in [0.05, 0.1) is 19.1 Å². The van der Waals surface area contributed by atoms with E-state index in [2.05, 4.69) is 35.8 Å². The van der Waals surface area contributed by atoms with Gasteiger partial charge in [-0.25, -0.2) is 8.78 Å². The maximum absolute atomic E-state index is 14.3. The Morgan fingerprint density at radius 1 is 0.780 bits per heavy atom. The number of hydrogen-bond acceptors (Lipinski definition) is 4. The molecule has 41 heavy (non-hydrogen) atoms. The summed E-state index contributed by atoms with van der Waals surface area (Å²) in [5.41, 5.74) is 2.97. The smallest absolute Gasteiger partial charge is 0.309 e. The van der Waals surface area contributed by atoms with Gasteiger partial charge < -0.3 is 14.2 Å². The van der Waals surface area contributed by atoms with Crippen LogP contribution in [-0.4, -0.2) is 19.2 Å². The molecule has 0 aromatic heterocycles. The molecule has 4 nitrogen and oxygen atoms in total. The predicted molar refractivity (Wildman–Crippen MR) is 152 cm³/mol. The Morgan fingerprint density at radius 3 is 1.90 bits per heavy atom. The second kappa shape index (κ2) is 12.7. The van der Waals surface area contributed by atoms with Crippen molar-refractivity contribution in [3.63, 3.8) is 0 Å². The topological polar surface area (TPSA) is 44.8 Å². The number of carbonyl (C=O) groups is 1. The lowest BCUT2D eigenvalue weighted by Crippen LogP contribution is -2.21. The zero-order valence-corrected chi connectivity index (χ0v) is 23.0. The Hall–Kier alpha value is -4.55. The van der Waals surface area contributed by atoms with Gasteiger partial charge in [0.1, 0.15) is 6.61 Å². The zero-order chi connectivity index (χ0) is 28.8. The number of allylic oxidation sites excluding steroid dienone is 2. The molecule has 3 aromatic carbocycles. The number of hydrogen-bond donors (Lipinski definition) is 0. The minimum Gasteiger partial charge on any atom is -0.491 e. The first-order valence-electron chi connectivity index (χ1n) is 13.8.